The normalized spacial score (nSPS) is 10.9. The van der Waals surface area contributed by atoms with Crippen LogP contribution in [0.3, 0.4) is 0 Å². The smallest absolute Gasteiger partial charge is 0.233 e. The van der Waals surface area contributed by atoms with Gasteiger partial charge in [0.2, 0.25) is 5.91 Å². The molecule has 2 aromatic rings. The van der Waals surface area contributed by atoms with E-state index in [2.05, 4.69) is 49.2 Å². The number of aryl methyl sites for hydroxylation is 3. The summed E-state index contributed by atoms with van der Waals surface area (Å²) in [5.74, 6) is 1.39. The molecule has 136 valence electrons. The fraction of sp³-hybridized carbons (Fsp3) is 0.526. The van der Waals surface area contributed by atoms with Crippen LogP contribution in [-0.2, 0) is 4.79 Å². The zero-order chi connectivity index (χ0) is 18.4. The van der Waals surface area contributed by atoms with Crippen molar-refractivity contribution in [3.63, 3.8) is 0 Å². The number of nitrogens with zero attached hydrogens (tertiary/aromatic N) is 4. The highest BCUT2D eigenvalue weighted by Crippen LogP contribution is 2.25. The van der Waals surface area contributed by atoms with Crippen LogP contribution in [0.25, 0.3) is 5.69 Å². The molecule has 0 unspecified atom stereocenters. The van der Waals surface area contributed by atoms with Gasteiger partial charge in [-0.3, -0.25) is 9.36 Å². The van der Waals surface area contributed by atoms with Crippen molar-refractivity contribution in [1.29, 1.82) is 0 Å². The number of hydrogen-bond donors (Lipinski definition) is 0. The summed E-state index contributed by atoms with van der Waals surface area (Å²) < 4.78 is 2.04. The van der Waals surface area contributed by atoms with Gasteiger partial charge < -0.3 is 4.90 Å². The Morgan fingerprint density at radius 2 is 1.96 bits per heavy atom. The van der Waals surface area contributed by atoms with E-state index in [4.69, 9.17) is 0 Å². The Balaban J connectivity index is 2.17. The van der Waals surface area contributed by atoms with Crippen molar-refractivity contribution >= 4 is 17.7 Å². The number of amides is 1. The van der Waals surface area contributed by atoms with Crippen LogP contribution in [0.15, 0.2) is 23.4 Å². The number of thioether (sulfide) groups is 1. The second kappa shape index (κ2) is 9.04. The monoisotopic (exact) mass is 360 g/mol. The lowest BCUT2D eigenvalue weighted by atomic mass is 10.1. The third-order valence-electron chi connectivity index (χ3n) is 4.24. The Hall–Kier alpha value is -1.82. The van der Waals surface area contributed by atoms with Gasteiger partial charge in [-0.2, -0.15) is 0 Å². The number of hydrogen-bond acceptors (Lipinski definition) is 4. The molecule has 1 aromatic carbocycles. The van der Waals surface area contributed by atoms with Gasteiger partial charge in [-0.25, -0.2) is 0 Å². The van der Waals surface area contributed by atoms with Crippen molar-refractivity contribution in [3.05, 3.63) is 35.2 Å². The van der Waals surface area contributed by atoms with E-state index in [1.54, 1.807) is 0 Å². The first-order chi connectivity index (χ1) is 12.0. The standard InChI is InChI=1S/C19H28N4OS/c1-6-8-11-22(7-2)18(24)13-25-19-21-20-16(5)23(19)17-12-14(3)9-10-15(17)4/h9-10,12H,6-8,11,13H2,1-5H3. The van der Waals surface area contributed by atoms with Crippen LogP contribution in [0.1, 0.15) is 43.6 Å². The van der Waals surface area contributed by atoms with Gasteiger partial charge in [0, 0.05) is 13.1 Å². The number of aromatic nitrogens is 3. The SMILES string of the molecule is CCCCN(CC)C(=O)CSc1nnc(C)n1-c1cc(C)ccc1C. The van der Waals surface area contributed by atoms with Gasteiger partial charge in [-0.05, 0) is 51.3 Å². The van der Waals surface area contributed by atoms with Crippen LogP contribution in [0.4, 0.5) is 0 Å². The summed E-state index contributed by atoms with van der Waals surface area (Å²) in [4.78, 5) is 14.4. The molecule has 5 nitrogen and oxygen atoms in total. The summed E-state index contributed by atoms with van der Waals surface area (Å²) in [7, 11) is 0. The molecular formula is C19H28N4OS. The summed E-state index contributed by atoms with van der Waals surface area (Å²) in [6.07, 6.45) is 2.14. The predicted molar refractivity (Wildman–Crippen MR) is 103 cm³/mol. The lowest BCUT2D eigenvalue weighted by molar-refractivity contribution is -0.128. The van der Waals surface area contributed by atoms with Crippen molar-refractivity contribution < 1.29 is 4.79 Å². The average Bonchev–Trinajstić information content (AvgIpc) is 2.96. The highest BCUT2D eigenvalue weighted by Gasteiger charge is 2.17. The van der Waals surface area contributed by atoms with Crippen LogP contribution in [0.2, 0.25) is 0 Å². The predicted octanol–water partition coefficient (Wildman–Crippen LogP) is 3.93. The van der Waals surface area contributed by atoms with Gasteiger partial charge in [-0.15, -0.1) is 10.2 Å². The van der Waals surface area contributed by atoms with Crippen LogP contribution >= 0.6 is 11.8 Å². The van der Waals surface area contributed by atoms with E-state index in [0.29, 0.717) is 5.75 Å². The first kappa shape index (κ1) is 19.5. The van der Waals surface area contributed by atoms with E-state index in [0.717, 1.165) is 42.6 Å². The Labute approximate surface area is 154 Å². The first-order valence-electron chi connectivity index (χ1n) is 8.88. The van der Waals surface area contributed by atoms with Gasteiger partial charge >= 0.3 is 0 Å². The fourth-order valence-electron chi connectivity index (χ4n) is 2.70. The van der Waals surface area contributed by atoms with Gasteiger partial charge in [0.15, 0.2) is 5.16 Å². The maximum atomic E-state index is 12.5. The minimum absolute atomic E-state index is 0.161. The highest BCUT2D eigenvalue weighted by atomic mass is 32.2. The van der Waals surface area contributed by atoms with Gasteiger partial charge in [0.05, 0.1) is 11.4 Å². The van der Waals surface area contributed by atoms with E-state index >= 15 is 0 Å². The molecule has 2 rings (SSSR count). The third kappa shape index (κ3) is 4.84. The molecule has 0 N–H and O–H groups in total. The lowest BCUT2D eigenvalue weighted by Crippen LogP contribution is -2.33. The second-order valence-corrected chi connectivity index (χ2v) is 7.21. The van der Waals surface area contributed by atoms with Crippen molar-refractivity contribution in [2.24, 2.45) is 0 Å². The van der Waals surface area contributed by atoms with Crippen LogP contribution in [0, 0.1) is 20.8 Å². The Kier molecular flexibility index (Phi) is 7.05. The first-order valence-corrected chi connectivity index (χ1v) is 9.86. The molecule has 0 spiro atoms. The summed E-state index contributed by atoms with van der Waals surface area (Å²) in [6, 6.07) is 6.34. The van der Waals surface area contributed by atoms with Gasteiger partial charge in [0.25, 0.3) is 0 Å². The maximum absolute atomic E-state index is 12.5. The van der Waals surface area contributed by atoms with Crippen molar-refractivity contribution in [3.8, 4) is 5.69 Å². The summed E-state index contributed by atoms with van der Waals surface area (Å²) in [5.41, 5.74) is 3.44. The van der Waals surface area contributed by atoms with Gasteiger partial charge in [-0.1, -0.05) is 37.2 Å². The number of rotatable bonds is 8. The zero-order valence-electron chi connectivity index (χ0n) is 15.9. The highest BCUT2D eigenvalue weighted by molar-refractivity contribution is 7.99. The molecule has 6 heteroatoms. The second-order valence-electron chi connectivity index (χ2n) is 6.27. The molecule has 0 saturated heterocycles. The summed E-state index contributed by atoms with van der Waals surface area (Å²) in [6.45, 7) is 11.9. The van der Waals surface area contributed by atoms with Crippen molar-refractivity contribution in [2.45, 2.75) is 52.6 Å². The molecule has 1 amide bonds. The molecule has 0 bridgehead atoms. The van der Waals surface area contributed by atoms with Crippen molar-refractivity contribution in [2.75, 3.05) is 18.8 Å². The minimum atomic E-state index is 0.161. The van der Waals surface area contributed by atoms with E-state index in [1.807, 2.05) is 23.3 Å². The Morgan fingerprint density at radius 3 is 2.64 bits per heavy atom. The number of benzene rings is 1. The summed E-state index contributed by atoms with van der Waals surface area (Å²) >= 11 is 1.46. The van der Waals surface area contributed by atoms with Crippen LogP contribution in [-0.4, -0.2) is 44.4 Å². The van der Waals surface area contributed by atoms with Crippen LogP contribution < -0.4 is 0 Å². The zero-order valence-corrected chi connectivity index (χ0v) is 16.7. The molecule has 0 fully saturated rings. The fourth-order valence-corrected chi connectivity index (χ4v) is 3.59. The molecule has 1 heterocycles. The molecule has 0 aliphatic heterocycles. The third-order valence-corrected chi connectivity index (χ3v) is 5.16. The molecule has 25 heavy (non-hydrogen) atoms. The Bertz CT molecular complexity index is 726. The largest absolute Gasteiger partial charge is 0.342 e. The molecule has 0 aliphatic rings. The quantitative estimate of drug-likeness (QED) is 0.669. The summed E-state index contributed by atoms with van der Waals surface area (Å²) in [5, 5.41) is 9.28. The topological polar surface area (TPSA) is 51.0 Å². The van der Waals surface area contributed by atoms with E-state index in [1.165, 1.54) is 22.9 Å². The maximum Gasteiger partial charge on any atom is 0.233 e. The minimum Gasteiger partial charge on any atom is -0.342 e. The number of unbranched alkanes of at least 4 members (excludes halogenated alkanes) is 1. The lowest BCUT2D eigenvalue weighted by Gasteiger charge is -2.20. The molecule has 0 atom stereocenters. The average molecular weight is 361 g/mol. The van der Waals surface area contributed by atoms with Gasteiger partial charge in [0.1, 0.15) is 5.82 Å². The number of carbonyl (C=O) groups excluding carboxylic acids is 1. The molecule has 0 saturated carbocycles. The molecular weight excluding hydrogens is 332 g/mol. The molecule has 0 aliphatic carbocycles. The van der Waals surface area contributed by atoms with E-state index in [9.17, 15) is 4.79 Å². The Morgan fingerprint density at radius 1 is 1.20 bits per heavy atom. The van der Waals surface area contributed by atoms with Crippen molar-refractivity contribution in [1.82, 2.24) is 19.7 Å². The van der Waals surface area contributed by atoms with E-state index < -0.39 is 0 Å². The number of carbonyl (C=O) groups is 1. The molecule has 0 radical (unpaired) electrons. The van der Waals surface area contributed by atoms with Crippen LogP contribution in [0.5, 0.6) is 0 Å². The van der Waals surface area contributed by atoms with E-state index in [-0.39, 0.29) is 5.91 Å². The molecule has 1 aromatic heterocycles.